The number of fused-ring (bicyclic) bond motifs is 1. The summed E-state index contributed by atoms with van der Waals surface area (Å²) in [4.78, 5) is 38.4. The van der Waals surface area contributed by atoms with Crippen molar-refractivity contribution < 1.29 is 18.8 Å². The zero-order valence-corrected chi connectivity index (χ0v) is 20.2. The lowest BCUT2D eigenvalue weighted by Gasteiger charge is -2.32. The zero-order chi connectivity index (χ0) is 24.8. The van der Waals surface area contributed by atoms with E-state index in [4.69, 9.17) is 5.73 Å². The largest absolute Gasteiger partial charge is 0.381 e. The lowest BCUT2D eigenvalue weighted by molar-refractivity contribution is -0.129. The first-order valence-electron chi connectivity index (χ1n) is 11.8. The average Bonchev–Trinajstić information content (AvgIpc) is 3.11. The number of carbonyl (C=O) groups is 3. The van der Waals surface area contributed by atoms with Gasteiger partial charge in [0.25, 0.3) is 5.91 Å². The number of amides is 2. The number of halogens is 1. The molecule has 0 radical (unpaired) electrons. The molecule has 2 aliphatic rings. The van der Waals surface area contributed by atoms with Crippen LogP contribution in [0.2, 0.25) is 0 Å². The van der Waals surface area contributed by atoms with E-state index < -0.39 is 11.7 Å². The minimum atomic E-state index is -0.860. The van der Waals surface area contributed by atoms with Crippen LogP contribution < -0.4 is 11.1 Å². The van der Waals surface area contributed by atoms with Crippen LogP contribution in [0.1, 0.15) is 79.1 Å². The van der Waals surface area contributed by atoms with Gasteiger partial charge in [0.1, 0.15) is 5.82 Å². The number of ketones is 1. The van der Waals surface area contributed by atoms with Gasteiger partial charge in [0.2, 0.25) is 5.91 Å². The molecule has 1 aromatic heterocycles. The summed E-state index contributed by atoms with van der Waals surface area (Å²) in [6.45, 7) is 8.73. The molecule has 4 rings (SSSR count). The quantitative estimate of drug-likeness (QED) is 0.699. The van der Waals surface area contributed by atoms with Gasteiger partial charge in [-0.3, -0.25) is 14.4 Å². The molecule has 2 heterocycles. The van der Waals surface area contributed by atoms with E-state index >= 15 is 4.39 Å². The van der Waals surface area contributed by atoms with E-state index in [1.54, 1.807) is 22.6 Å². The van der Waals surface area contributed by atoms with E-state index in [0.717, 1.165) is 5.69 Å². The van der Waals surface area contributed by atoms with Crippen molar-refractivity contribution in [2.24, 2.45) is 11.1 Å². The predicted molar refractivity (Wildman–Crippen MR) is 127 cm³/mol. The van der Waals surface area contributed by atoms with E-state index in [-0.39, 0.29) is 28.7 Å². The molecule has 9 heteroatoms. The number of benzene rings is 1. The first-order valence-corrected chi connectivity index (χ1v) is 11.8. The van der Waals surface area contributed by atoms with Crippen molar-refractivity contribution >= 4 is 23.3 Å². The van der Waals surface area contributed by atoms with Crippen LogP contribution in [0.25, 0.3) is 5.69 Å². The third-order valence-electron chi connectivity index (χ3n) is 6.82. The topological polar surface area (TPSA) is 110 Å². The van der Waals surface area contributed by atoms with Crippen molar-refractivity contribution in [2.45, 2.75) is 65.8 Å². The fourth-order valence-electron chi connectivity index (χ4n) is 5.13. The number of aromatic nitrogens is 2. The number of hydrogen-bond donors (Lipinski definition) is 2. The number of piperidine rings is 1. The first-order chi connectivity index (χ1) is 16.0. The highest BCUT2D eigenvalue weighted by atomic mass is 19.1. The smallest absolute Gasteiger partial charge is 0.253 e. The number of nitrogens with one attached hydrogen (secondary N) is 1. The molecule has 0 bridgehead atoms. The summed E-state index contributed by atoms with van der Waals surface area (Å²) in [7, 11) is 0. The summed E-state index contributed by atoms with van der Waals surface area (Å²) in [6.07, 6.45) is 3.00. The molecule has 1 aliphatic heterocycles. The van der Waals surface area contributed by atoms with Crippen LogP contribution in [0.15, 0.2) is 12.1 Å². The molecule has 1 aliphatic carbocycles. The molecule has 0 unspecified atom stereocenters. The lowest BCUT2D eigenvalue weighted by Crippen LogP contribution is -2.41. The average molecular weight is 470 g/mol. The van der Waals surface area contributed by atoms with Crippen LogP contribution in [0.4, 0.5) is 10.1 Å². The molecule has 0 saturated carbocycles. The minimum Gasteiger partial charge on any atom is -0.381 e. The van der Waals surface area contributed by atoms with Crippen molar-refractivity contribution in [3.8, 4) is 5.69 Å². The molecule has 34 heavy (non-hydrogen) atoms. The zero-order valence-electron chi connectivity index (χ0n) is 20.2. The minimum absolute atomic E-state index is 0.0250. The number of rotatable bonds is 5. The predicted octanol–water partition coefficient (Wildman–Crippen LogP) is 3.25. The van der Waals surface area contributed by atoms with E-state index in [1.165, 1.54) is 6.07 Å². The summed E-state index contributed by atoms with van der Waals surface area (Å²) in [5.41, 5.74) is 7.92. The van der Waals surface area contributed by atoms with Crippen molar-refractivity contribution in [3.05, 3.63) is 40.5 Å². The van der Waals surface area contributed by atoms with Crippen LogP contribution in [0.5, 0.6) is 0 Å². The molecule has 0 atom stereocenters. The molecule has 1 aromatic carbocycles. The van der Waals surface area contributed by atoms with Crippen LogP contribution in [-0.2, 0) is 17.6 Å². The molecule has 1 saturated heterocycles. The van der Waals surface area contributed by atoms with Crippen LogP contribution in [0.3, 0.4) is 0 Å². The maximum absolute atomic E-state index is 15.2. The Morgan fingerprint density at radius 3 is 2.50 bits per heavy atom. The molecule has 8 nitrogen and oxygen atoms in total. The highest BCUT2D eigenvalue weighted by molar-refractivity contribution is 6.00. The second-order valence-electron chi connectivity index (χ2n) is 10.1. The summed E-state index contributed by atoms with van der Waals surface area (Å²) >= 11 is 0. The number of primary amides is 1. The Hall–Kier alpha value is -3.23. The summed E-state index contributed by atoms with van der Waals surface area (Å²) in [5.74, 6) is -1.52. The third kappa shape index (κ3) is 4.43. The molecule has 2 aromatic rings. The Labute approximate surface area is 198 Å². The van der Waals surface area contributed by atoms with Crippen molar-refractivity contribution in [1.82, 2.24) is 14.7 Å². The maximum atomic E-state index is 15.2. The fourth-order valence-corrected chi connectivity index (χ4v) is 5.13. The molecule has 182 valence electrons. The number of nitrogens with zero attached hydrogens (tertiary/aromatic N) is 3. The van der Waals surface area contributed by atoms with Crippen molar-refractivity contribution in [1.29, 1.82) is 0 Å². The molecular formula is C25H32FN5O3. The van der Waals surface area contributed by atoms with E-state index in [9.17, 15) is 14.4 Å². The maximum Gasteiger partial charge on any atom is 0.253 e. The summed E-state index contributed by atoms with van der Waals surface area (Å²) in [6, 6.07) is 2.89. The second kappa shape index (κ2) is 8.85. The van der Waals surface area contributed by atoms with Gasteiger partial charge in [0, 0.05) is 38.5 Å². The van der Waals surface area contributed by atoms with Crippen molar-refractivity contribution in [3.63, 3.8) is 0 Å². The van der Waals surface area contributed by atoms with E-state index in [2.05, 4.69) is 10.4 Å². The Morgan fingerprint density at radius 1 is 1.24 bits per heavy atom. The standard InChI is InChI=1S/C25H32FN5O3/c1-5-18-23-20(12-25(3,4)13-21(23)33)31(29-18)16-10-17(26)22(24(27)34)19(11-16)28-15-6-8-30(9-7-15)14(2)32/h10-11,15,28H,5-9,12-13H2,1-4H3,(H2,27,34). The Balaban J connectivity index is 1.75. The van der Waals surface area contributed by atoms with Gasteiger partial charge in [0.15, 0.2) is 5.78 Å². The van der Waals surface area contributed by atoms with Gasteiger partial charge in [-0.1, -0.05) is 20.8 Å². The number of hydrogen-bond acceptors (Lipinski definition) is 5. The number of nitrogens with two attached hydrogens (primary N) is 1. The van der Waals surface area contributed by atoms with Gasteiger partial charge < -0.3 is 16.0 Å². The molecule has 2 amide bonds. The second-order valence-corrected chi connectivity index (χ2v) is 10.1. The Kier molecular flexibility index (Phi) is 6.22. The van der Waals surface area contributed by atoms with Gasteiger partial charge in [-0.05, 0) is 37.2 Å². The van der Waals surface area contributed by atoms with Gasteiger partial charge in [-0.15, -0.1) is 0 Å². The Bertz CT molecular complexity index is 1160. The van der Waals surface area contributed by atoms with E-state index in [1.807, 2.05) is 20.8 Å². The normalized spacial score (nSPS) is 18.0. The van der Waals surface area contributed by atoms with Crippen molar-refractivity contribution in [2.75, 3.05) is 18.4 Å². The summed E-state index contributed by atoms with van der Waals surface area (Å²) in [5, 5.41) is 7.95. The molecule has 1 fully saturated rings. The van der Waals surface area contributed by atoms with Gasteiger partial charge in [-0.2, -0.15) is 5.10 Å². The van der Waals surface area contributed by atoms with E-state index in [0.29, 0.717) is 67.8 Å². The monoisotopic (exact) mass is 469 g/mol. The van der Waals surface area contributed by atoms with Gasteiger partial charge in [-0.25, -0.2) is 9.07 Å². The van der Waals surface area contributed by atoms with Crippen LogP contribution >= 0.6 is 0 Å². The number of carbonyl (C=O) groups excluding carboxylic acids is 3. The molecule has 0 spiro atoms. The highest BCUT2D eigenvalue weighted by Crippen LogP contribution is 2.38. The number of Topliss-reactive ketones (excluding diaryl/α,β-unsaturated/α-hetero) is 1. The van der Waals surface area contributed by atoms with Crippen LogP contribution in [0, 0.1) is 11.2 Å². The number of likely N-dealkylation sites (tertiary alicyclic amines) is 1. The first kappa shape index (κ1) is 23.9. The van der Waals surface area contributed by atoms with Gasteiger partial charge >= 0.3 is 0 Å². The highest BCUT2D eigenvalue weighted by Gasteiger charge is 2.36. The molecule has 3 N–H and O–H groups in total. The summed E-state index contributed by atoms with van der Waals surface area (Å²) < 4.78 is 16.9. The molecular weight excluding hydrogens is 437 g/mol. The lowest BCUT2D eigenvalue weighted by atomic mass is 9.75. The third-order valence-corrected chi connectivity index (χ3v) is 6.82. The SMILES string of the molecule is CCc1nn(-c2cc(F)c(C(N)=O)c(NC3CCN(C(C)=O)CC3)c2)c2c1C(=O)CC(C)(C)C2. The fraction of sp³-hybridized carbons (Fsp3) is 0.520. The number of anilines is 1. The number of aryl methyl sites for hydroxylation is 1. The van der Waals surface area contributed by atoms with Crippen LogP contribution in [-0.4, -0.2) is 51.4 Å². The Morgan fingerprint density at radius 2 is 1.91 bits per heavy atom. The van der Waals surface area contributed by atoms with Gasteiger partial charge in [0.05, 0.1) is 33.9 Å².